The van der Waals surface area contributed by atoms with E-state index in [1.54, 1.807) is 18.3 Å². The number of aromatic nitrogens is 1. The summed E-state index contributed by atoms with van der Waals surface area (Å²) in [7, 11) is 5.35. The molecular weight excluding hydrogens is 422 g/mol. The Morgan fingerprint density at radius 3 is 2.63 bits per heavy atom. The van der Waals surface area contributed by atoms with Crippen LogP contribution in [0.1, 0.15) is 9.67 Å². The smallest absolute Gasteiger partial charge is 0.211 e. The molecule has 0 bridgehead atoms. The SMILES string of the molecule is COc1ccc2oc(-c3nc(/N=C\N(C)C)sc3C=O)c(-c3ccc(Cl)cc3)c2c1. The van der Waals surface area contributed by atoms with Gasteiger partial charge >= 0.3 is 0 Å². The van der Waals surface area contributed by atoms with E-state index in [0.717, 1.165) is 22.8 Å². The number of rotatable bonds is 6. The number of aldehydes is 1. The van der Waals surface area contributed by atoms with Gasteiger partial charge in [-0.1, -0.05) is 35.1 Å². The van der Waals surface area contributed by atoms with Gasteiger partial charge in [-0.25, -0.2) is 9.98 Å². The van der Waals surface area contributed by atoms with Crippen molar-refractivity contribution in [3.05, 3.63) is 52.4 Å². The van der Waals surface area contributed by atoms with Crippen LogP contribution in [0.5, 0.6) is 5.75 Å². The maximum atomic E-state index is 11.8. The lowest BCUT2D eigenvalue weighted by Gasteiger charge is -2.04. The van der Waals surface area contributed by atoms with Crippen molar-refractivity contribution in [2.24, 2.45) is 4.99 Å². The number of ether oxygens (including phenoxy) is 1. The molecule has 0 aliphatic rings. The monoisotopic (exact) mass is 439 g/mol. The summed E-state index contributed by atoms with van der Waals surface area (Å²) in [6, 6.07) is 13.0. The van der Waals surface area contributed by atoms with Crippen LogP contribution >= 0.6 is 22.9 Å². The summed E-state index contributed by atoms with van der Waals surface area (Å²) in [5.74, 6) is 1.21. The second-order valence-electron chi connectivity index (χ2n) is 6.71. The Kier molecular flexibility index (Phi) is 5.57. The van der Waals surface area contributed by atoms with Crippen LogP contribution in [0.3, 0.4) is 0 Å². The Morgan fingerprint density at radius 2 is 1.97 bits per heavy atom. The lowest BCUT2D eigenvalue weighted by molar-refractivity contribution is 0.112. The molecule has 0 saturated heterocycles. The summed E-state index contributed by atoms with van der Waals surface area (Å²) < 4.78 is 11.6. The number of hydrogen-bond donors (Lipinski definition) is 0. The first kappa shape index (κ1) is 20.1. The van der Waals surface area contributed by atoms with Crippen LogP contribution in [0.25, 0.3) is 33.6 Å². The standard InChI is InChI=1S/C22H18ClN3O3S/c1-26(2)12-24-22-25-20(18(11-27)30-22)21-19(13-4-6-14(23)7-5-13)16-10-15(28-3)8-9-17(16)29-21/h4-12H,1-3H3/b24-12-. The third-order valence-corrected chi connectivity index (χ3v) is 5.53. The van der Waals surface area contributed by atoms with Gasteiger partial charge in [0.05, 0.1) is 13.4 Å². The number of carbonyl (C=O) groups is 1. The molecule has 0 unspecified atom stereocenters. The molecule has 2 aromatic carbocycles. The van der Waals surface area contributed by atoms with E-state index in [-0.39, 0.29) is 0 Å². The zero-order valence-electron chi connectivity index (χ0n) is 16.5. The number of methoxy groups -OCH3 is 1. The molecule has 0 atom stereocenters. The highest BCUT2D eigenvalue weighted by Gasteiger charge is 2.24. The molecule has 4 aromatic rings. The van der Waals surface area contributed by atoms with Crippen LogP contribution in [0.2, 0.25) is 5.02 Å². The molecule has 6 nitrogen and oxygen atoms in total. The zero-order valence-corrected chi connectivity index (χ0v) is 18.1. The molecular formula is C22H18ClN3O3S. The lowest BCUT2D eigenvalue weighted by Crippen LogP contribution is -2.06. The van der Waals surface area contributed by atoms with Crippen LogP contribution in [-0.2, 0) is 0 Å². The van der Waals surface area contributed by atoms with Crippen molar-refractivity contribution in [2.75, 3.05) is 21.2 Å². The summed E-state index contributed by atoms with van der Waals surface area (Å²) in [4.78, 5) is 22.9. The molecule has 152 valence electrons. The minimum absolute atomic E-state index is 0.446. The highest BCUT2D eigenvalue weighted by molar-refractivity contribution is 7.17. The van der Waals surface area contributed by atoms with E-state index in [0.29, 0.717) is 37.8 Å². The Hall–Kier alpha value is -3.16. The van der Waals surface area contributed by atoms with Gasteiger partial charge in [-0.15, -0.1) is 0 Å². The number of fused-ring (bicyclic) bond motifs is 1. The van der Waals surface area contributed by atoms with Gasteiger partial charge in [0.15, 0.2) is 12.0 Å². The molecule has 0 spiro atoms. The highest BCUT2D eigenvalue weighted by atomic mass is 35.5. The van der Waals surface area contributed by atoms with Crippen LogP contribution in [0.15, 0.2) is 51.9 Å². The number of furan rings is 1. The second-order valence-corrected chi connectivity index (χ2v) is 8.16. The highest BCUT2D eigenvalue weighted by Crippen LogP contribution is 2.44. The van der Waals surface area contributed by atoms with Crippen LogP contribution in [0.4, 0.5) is 5.13 Å². The molecule has 0 radical (unpaired) electrons. The van der Waals surface area contributed by atoms with Crippen molar-refractivity contribution in [3.8, 4) is 28.3 Å². The van der Waals surface area contributed by atoms with Crippen molar-refractivity contribution in [1.82, 2.24) is 9.88 Å². The van der Waals surface area contributed by atoms with Crippen molar-refractivity contribution < 1.29 is 13.9 Å². The van der Waals surface area contributed by atoms with E-state index in [9.17, 15) is 4.79 Å². The lowest BCUT2D eigenvalue weighted by atomic mass is 10.0. The molecule has 8 heteroatoms. The molecule has 0 fully saturated rings. The first-order chi connectivity index (χ1) is 14.5. The number of aliphatic imine (C=N–C) groups is 1. The number of carbonyl (C=O) groups excluding carboxylic acids is 1. The molecule has 30 heavy (non-hydrogen) atoms. The second kappa shape index (κ2) is 8.30. The summed E-state index contributed by atoms with van der Waals surface area (Å²) in [6.07, 6.45) is 2.42. The van der Waals surface area contributed by atoms with E-state index in [1.807, 2.05) is 56.6 Å². The third kappa shape index (κ3) is 3.81. The van der Waals surface area contributed by atoms with Crippen molar-refractivity contribution in [3.63, 3.8) is 0 Å². The van der Waals surface area contributed by atoms with Crippen LogP contribution < -0.4 is 4.74 Å². The summed E-state index contributed by atoms with van der Waals surface area (Å²) in [6.45, 7) is 0. The van der Waals surface area contributed by atoms with E-state index >= 15 is 0 Å². The van der Waals surface area contributed by atoms with Gasteiger partial charge in [0.1, 0.15) is 21.9 Å². The molecule has 2 aromatic heterocycles. The maximum Gasteiger partial charge on any atom is 0.211 e. The topological polar surface area (TPSA) is 67.9 Å². The fraction of sp³-hybridized carbons (Fsp3) is 0.136. The molecule has 2 heterocycles. The Morgan fingerprint density at radius 1 is 1.20 bits per heavy atom. The van der Waals surface area contributed by atoms with Gasteiger partial charge in [0.2, 0.25) is 5.13 Å². The van der Waals surface area contributed by atoms with E-state index in [4.69, 9.17) is 20.8 Å². The van der Waals surface area contributed by atoms with E-state index in [1.165, 1.54) is 11.3 Å². The fourth-order valence-electron chi connectivity index (χ4n) is 3.06. The predicted octanol–water partition coefficient (Wildman–Crippen LogP) is 5.92. The number of hydrogen-bond acceptors (Lipinski definition) is 6. The largest absolute Gasteiger partial charge is 0.497 e. The molecule has 0 saturated carbocycles. The molecule has 0 aliphatic carbocycles. The zero-order chi connectivity index (χ0) is 21.3. The van der Waals surface area contributed by atoms with Crippen molar-refractivity contribution in [1.29, 1.82) is 0 Å². The van der Waals surface area contributed by atoms with Gasteiger partial charge in [-0.3, -0.25) is 4.79 Å². The molecule has 4 rings (SSSR count). The van der Waals surface area contributed by atoms with Gasteiger partial charge in [-0.05, 0) is 35.9 Å². The average Bonchev–Trinajstić information content (AvgIpc) is 3.33. The number of nitrogens with zero attached hydrogens (tertiary/aromatic N) is 3. The third-order valence-electron chi connectivity index (χ3n) is 4.39. The van der Waals surface area contributed by atoms with Gasteiger partial charge < -0.3 is 14.1 Å². The number of benzene rings is 2. The Labute approximate surface area is 182 Å². The summed E-state index contributed by atoms with van der Waals surface area (Å²) in [5.41, 5.74) is 2.83. The maximum absolute atomic E-state index is 11.8. The number of thiazole rings is 1. The summed E-state index contributed by atoms with van der Waals surface area (Å²) in [5, 5.41) is 1.96. The van der Waals surface area contributed by atoms with Gasteiger partial charge in [-0.2, -0.15) is 0 Å². The fourth-order valence-corrected chi connectivity index (χ4v) is 3.90. The Balaban J connectivity index is 1.98. The van der Waals surface area contributed by atoms with Crippen molar-refractivity contribution >= 4 is 51.7 Å². The first-order valence-corrected chi connectivity index (χ1v) is 10.2. The first-order valence-electron chi connectivity index (χ1n) is 9.03. The number of halogens is 1. The van der Waals surface area contributed by atoms with Crippen molar-refractivity contribution in [2.45, 2.75) is 0 Å². The minimum atomic E-state index is 0.446. The van der Waals surface area contributed by atoms with E-state index < -0.39 is 0 Å². The minimum Gasteiger partial charge on any atom is -0.497 e. The molecule has 0 N–H and O–H groups in total. The van der Waals surface area contributed by atoms with Crippen LogP contribution in [-0.4, -0.2) is 43.7 Å². The summed E-state index contributed by atoms with van der Waals surface area (Å²) >= 11 is 7.30. The normalized spacial score (nSPS) is 11.3. The quantitative estimate of drug-likeness (QED) is 0.212. The van der Waals surface area contributed by atoms with Gasteiger partial charge in [0.25, 0.3) is 0 Å². The van der Waals surface area contributed by atoms with Crippen LogP contribution in [0, 0.1) is 0 Å². The Bertz CT molecular complexity index is 1240. The molecule has 0 aliphatic heterocycles. The average molecular weight is 440 g/mol. The van der Waals surface area contributed by atoms with E-state index in [2.05, 4.69) is 9.98 Å². The van der Waals surface area contributed by atoms with Gasteiger partial charge in [0, 0.05) is 30.1 Å². The molecule has 0 amide bonds. The predicted molar refractivity (Wildman–Crippen MR) is 122 cm³/mol.